The molecule has 4 nitrogen and oxygen atoms in total. The number of fused-ring (bicyclic) bond motifs is 1. The molecule has 1 saturated heterocycles. The summed E-state index contributed by atoms with van der Waals surface area (Å²) in [6, 6.07) is 13.9. The van der Waals surface area contributed by atoms with Crippen molar-refractivity contribution >= 4 is 16.7 Å². The fourth-order valence-corrected chi connectivity index (χ4v) is 2.84. The molecule has 3 unspecified atom stereocenters. The zero-order chi connectivity index (χ0) is 16.9. The highest BCUT2D eigenvalue weighted by Gasteiger charge is 2.30. The third kappa shape index (κ3) is 4.02. The van der Waals surface area contributed by atoms with Gasteiger partial charge in [-0.25, -0.2) is 4.79 Å². The van der Waals surface area contributed by atoms with E-state index in [0.29, 0.717) is 12.8 Å². The summed E-state index contributed by atoms with van der Waals surface area (Å²) in [7, 11) is 1.52. The lowest BCUT2D eigenvalue weighted by molar-refractivity contribution is -0.161. The average Bonchev–Trinajstić information content (AvgIpc) is 3.39. The van der Waals surface area contributed by atoms with E-state index in [4.69, 9.17) is 14.2 Å². The van der Waals surface area contributed by atoms with Crippen LogP contribution in [0.5, 0.6) is 0 Å². The Balaban J connectivity index is 1.75. The fourth-order valence-electron chi connectivity index (χ4n) is 2.84. The number of methoxy groups -OCH3 is 1. The van der Waals surface area contributed by atoms with Gasteiger partial charge in [-0.3, -0.25) is 0 Å². The quantitative estimate of drug-likeness (QED) is 0.420. The lowest BCUT2D eigenvalue weighted by atomic mass is 10.0. The van der Waals surface area contributed by atoms with Gasteiger partial charge in [0.2, 0.25) is 0 Å². The molecule has 3 atom stereocenters. The standard InChI is InChI=1S/C20H22O4/c1-3-6-17(12-18-13-23-18)24-20(21)19(22-2)16-10-9-14-7-4-5-8-15(14)11-16/h3-5,7-11,17-19H,1,6,12-13H2,2H3. The highest BCUT2D eigenvalue weighted by Crippen LogP contribution is 2.26. The van der Waals surface area contributed by atoms with Crippen LogP contribution < -0.4 is 0 Å². The predicted octanol–water partition coefficient (Wildman–Crippen LogP) is 3.80. The molecule has 0 spiro atoms. The number of carbonyl (C=O) groups excluding carboxylic acids is 1. The number of hydrogen-bond donors (Lipinski definition) is 0. The van der Waals surface area contributed by atoms with Gasteiger partial charge in [0.05, 0.1) is 12.7 Å². The van der Waals surface area contributed by atoms with Gasteiger partial charge in [-0.2, -0.15) is 0 Å². The summed E-state index contributed by atoms with van der Waals surface area (Å²) in [6.45, 7) is 4.47. The number of ether oxygens (including phenoxy) is 3. The first-order valence-corrected chi connectivity index (χ1v) is 8.15. The molecule has 1 heterocycles. The molecule has 1 aliphatic rings. The van der Waals surface area contributed by atoms with Crippen molar-refractivity contribution in [3.63, 3.8) is 0 Å². The van der Waals surface area contributed by atoms with Gasteiger partial charge in [0.15, 0.2) is 6.10 Å². The molecule has 4 heteroatoms. The van der Waals surface area contributed by atoms with Crippen molar-refractivity contribution in [3.05, 3.63) is 60.7 Å². The molecule has 2 aromatic carbocycles. The van der Waals surface area contributed by atoms with E-state index >= 15 is 0 Å². The molecular weight excluding hydrogens is 304 g/mol. The summed E-state index contributed by atoms with van der Waals surface area (Å²) in [5.74, 6) is -0.375. The van der Waals surface area contributed by atoms with Gasteiger partial charge in [0.25, 0.3) is 0 Å². The molecule has 1 fully saturated rings. The Morgan fingerprint density at radius 1 is 1.33 bits per heavy atom. The Bertz CT molecular complexity index is 720. The molecule has 126 valence electrons. The van der Waals surface area contributed by atoms with E-state index in [1.54, 1.807) is 6.08 Å². The summed E-state index contributed by atoms with van der Waals surface area (Å²) in [5, 5.41) is 2.19. The van der Waals surface area contributed by atoms with Crippen LogP contribution in [0.4, 0.5) is 0 Å². The molecule has 3 rings (SSSR count). The first-order chi connectivity index (χ1) is 11.7. The van der Waals surface area contributed by atoms with Crippen molar-refractivity contribution < 1.29 is 19.0 Å². The molecule has 0 N–H and O–H groups in total. The molecule has 2 aromatic rings. The number of carbonyl (C=O) groups is 1. The van der Waals surface area contributed by atoms with E-state index in [1.165, 1.54) is 7.11 Å². The third-order valence-electron chi connectivity index (χ3n) is 4.17. The molecule has 0 radical (unpaired) electrons. The van der Waals surface area contributed by atoms with E-state index < -0.39 is 6.10 Å². The summed E-state index contributed by atoms with van der Waals surface area (Å²) >= 11 is 0. The SMILES string of the molecule is C=CCC(CC1CO1)OC(=O)C(OC)c1ccc2ccccc2c1. The van der Waals surface area contributed by atoms with Crippen molar-refractivity contribution in [1.82, 2.24) is 0 Å². The normalized spacial score (nSPS) is 18.8. The largest absolute Gasteiger partial charge is 0.460 e. The van der Waals surface area contributed by atoms with Crippen molar-refractivity contribution in [2.45, 2.75) is 31.2 Å². The zero-order valence-electron chi connectivity index (χ0n) is 13.8. The van der Waals surface area contributed by atoms with Gasteiger partial charge < -0.3 is 14.2 Å². The van der Waals surface area contributed by atoms with E-state index in [1.807, 2.05) is 42.5 Å². The second kappa shape index (κ2) is 7.60. The Kier molecular flexibility index (Phi) is 5.28. The van der Waals surface area contributed by atoms with E-state index in [0.717, 1.165) is 22.9 Å². The van der Waals surface area contributed by atoms with Gasteiger partial charge in [-0.05, 0) is 22.4 Å². The highest BCUT2D eigenvalue weighted by atomic mass is 16.6. The van der Waals surface area contributed by atoms with Crippen LogP contribution in [0.1, 0.15) is 24.5 Å². The summed E-state index contributed by atoms with van der Waals surface area (Å²) in [6.07, 6.45) is 2.32. The number of benzene rings is 2. The van der Waals surface area contributed by atoms with Crippen LogP contribution in [-0.4, -0.2) is 31.9 Å². The van der Waals surface area contributed by atoms with Crippen molar-refractivity contribution in [3.8, 4) is 0 Å². The molecule has 24 heavy (non-hydrogen) atoms. The van der Waals surface area contributed by atoms with Crippen LogP contribution >= 0.6 is 0 Å². The minimum absolute atomic E-state index is 0.199. The van der Waals surface area contributed by atoms with Crippen LogP contribution in [0, 0.1) is 0 Å². The Morgan fingerprint density at radius 3 is 2.75 bits per heavy atom. The summed E-state index contributed by atoms with van der Waals surface area (Å²) in [5.41, 5.74) is 0.793. The minimum atomic E-state index is -0.734. The first kappa shape index (κ1) is 16.7. The van der Waals surface area contributed by atoms with Crippen LogP contribution in [-0.2, 0) is 19.0 Å². The van der Waals surface area contributed by atoms with Gasteiger partial charge in [-0.15, -0.1) is 6.58 Å². The molecule has 1 aliphatic heterocycles. The second-order valence-corrected chi connectivity index (χ2v) is 6.00. The van der Waals surface area contributed by atoms with Crippen LogP contribution in [0.15, 0.2) is 55.1 Å². The zero-order valence-corrected chi connectivity index (χ0v) is 13.8. The van der Waals surface area contributed by atoms with Crippen molar-refractivity contribution in [2.24, 2.45) is 0 Å². The average molecular weight is 326 g/mol. The lowest BCUT2D eigenvalue weighted by Crippen LogP contribution is -2.25. The van der Waals surface area contributed by atoms with E-state index in [9.17, 15) is 4.79 Å². The molecule has 0 saturated carbocycles. The molecule has 0 bridgehead atoms. The monoisotopic (exact) mass is 326 g/mol. The highest BCUT2D eigenvalue weighted by molar-refractivity contribution is 5.85. The molecule has 0 amide bonds. The van der Waals surface area contributed by atoms with Crippen LogP contribution in [0.3, 0.4) is 0 Å². The minimum Gasteiger partial charge on any atom is -0.460 e. The Labute approximate surface area is 142 Å². The van der Waals surface area contributed by atoms with Crippen LogP contribution in [0.25, 0.3) is 10.8 Å². The van der Waals surface area contributed by atoms with Gasteiger partial charge in [0, 0.05) is 20.0 Å². The summed E-state index contributed by atoms with van der Waals surface area (Å²) in [4.78, 5) is 12.6. The van der Waals surface area contributed by atoms with Gasteiger partial charge >= 0.3 is 5.97 Å². The van der Waals surface area contributed by atoms with Crippen LogP contribution in [0.2, 0.25) is 0 Å². The van der Waals surface area contributed by atoms with Gasteiger partial charge in [0.1, 0.15) is 6.10 Å². The second-order valence-electron chi connectivity index (χ2n) is 6.00. The number of rotatable bonds is 8. The van der Waals surface area contributed by atoms with Gasteiger partial charge in [-0.1, -0.05) is 42.5 Å². The summed E-state index contributed by atoms with van der Waals surface area (Å²) < 4.78 is 16.3. The predicted molar refractivity (Wildman–Crippen MR) is 92.7 cm³/mol. The van der Waals surface area contributed by atoms with Crippen molar-refractivity contribution in [2.75, 3.05) is 13.7 Å². The molecule has 0 aliphatic carbocycles. The maximum atomic E-state index is 12.6. The van der Waals surface area contributed by atoms with Crippen molar-refractivity contribution in [1.29, 1.82) is 0 Å². The maximum Gasteiger partial charge on any atom is 0.340 e. The Hall–Kier alpha value is -2.17. The molecule has 0 aromatic heterocycles. The number of epoxide rings is 1. The third-order valence-corrected chi connectivity index (χ3v) is 4.17. The number of esters is 1. The van der Waals surface area contributed by atoms with E-state index in [-0.39, 0.29) is 18.2 Å². The topological polar surface area (TPSA) is 48.1 Å². The van der Waals surface area contributed by atoms with E-state index in [2.05, 4.69) is 6.58 Å². The smallest absolute Gasteiger partial charge is 0.340 e. The first-order valence-electron chi connectivity index (χ1n) is 8.15. The maximum absolute atomic E-state index is 12.6. The number of hydrogen-bond acceptors (Lipinski definition) is 4. The Morgan fingerprint density at radius 2 is 2.08 bits per heavy atom. The molecular formula is C20H22O4. The fraction of sp³-hybridized carbons (Fsp3) is 0.350. The lowest BCUT2D eigenvalue weighted by Gasteiger charge is -2.20.